The molecule has 0 radical (unpaired) electrons. The highest BCUT2D eigenvalue weighted by Gasteiger charge is 2.16. The van der Waals surface area contributed by atoms with Gasteiger partial charge in [-0.05, 0) is 82.9 Å². The minimum absolute atomic E-state index is 0.595. The lowest BCUT2D eigenvalue weighted by atomic mass is 10.0. The minimum Gasteiger partial charge on any atom is -0.456 e. The molecule has 0 saturated carbocycles. The Labute approximate surface area is 324 Å². The van der Waals surface area contributed by atoms with Gasteiger partial charge in [0.15, 0.2) is 17.5 Å². The van der Waals surface area contributed by atoms with Crippen LogP contribution in [0.25, 0.3) is 78.4 Å². The number of benzene rings is 8. The van der Waals surface area contributed by atoms with Crippen molar-refractivity contribution in [1.82, 2.24) is 15.0 Å². The number of hydrogen-bond donors (Lipinski definition) is 0. The van der Waals surface area contributed by atoms with Crippen LogP contribution >= 0.6 is 0 Å². The van der Waals surface area contributed by atoms with Gasteiger partial charge in [-0.3, -0.25) is 0 Å². The van der Waals surface area contributed by atoms with E-state index in [9.17, 15) is 0 Å². The van der Waals surface area contributed by atoms with Crippen LogP contribution in [-0.4, -0.2) is 15.0 Å². The Balaban J connectivity index is 0.980. The normalized spacial score (nSPS) is 11.2. The molecule has 0 bridgehead atoms. The minimum atomic E-state index is 0.595. The lowest BCUT2D eigenvalue weighted by Gasteiger charge is -2.26. The zero-order chi connectivity index (χ0) is 37.3. The van der Waals surface area contributed by atoms with Crippen molar-refractivity contribution >= 4 is 39.0 Å². The van der Waals surface area contributed by atoms with E-state index in [1.165, 1.54) is 11.1 Å². The molecule has 2 heterocycles. The molecular formula is C51H34N4O. The monoisotopic (exact) mass is 718 g/mol. The smallest absolute Gasteiger partial charge is 0.164 e. The molecule has 5 nitrogen and oxygen atoms in total. The molecule has 0 saturated heterocycles. The average Bonchev–Trinajstić information content (AvgIpc) is 3.65. The molecule has 0 spiro atoms. The van der Waals surface area contributed by atoms with Gasteiger partial charge in [-0.1, -0.05) is 146 Å². The predicted molar refractivity (Wildman–Crippen MR) is 229 cm³/mol. The Kier molecular flexibility index (Phi) is 8.43. The number of fused-ring (bicyclic) bond motifs is 3. The van der Waals surface area contributed by atoms with E-state index in [-0.39, 0.29) is 0 Å². The summed E-state index contributed by atoms with van der Waals surface area (Å²) in [4.78, 5) is 17.0. The summed E-state index contributed by atoms with van der Waals surface area (Å²) >= 11 is 0. The van der Waals surface area contributed by atoms with E-state index < -0.39 is 0 Å². The van der Waals surface area contributed by atoms with Gasteiger partial charge in [0.25, 0.3) is 0 Å². The molecule has 8 aromatic carbocycles. The Morgan fingerprint density at radius 2 is 0.696 bits per heavy atom. The first-order chi connectivity index (χ1) is 27.7. The fourth-order valence-electron chi connectivity index (χ4n) is 7.29. The highest BCUT2D eigenvalue weighted by atomic mass is 16.3. The molecule has 0 aliphatic carbocycles. The van der Waals surface area contributed by atoms with Crippen LogP contribution in [0.5, 0.6) is 0 Å². The second-order valence-electron chi connectivity index (χ2n) is 13.7. The van der Waals surface area contributed by atoms with Crippen LogP contribution in [0.2, 0.25) is 0 Å². The third-order valence-electron chi connectivity index (χ3n) is 10.1. The van der Waals surface area contributed by atoms with E-state index >= 15 is 0 Å². The number of nitrogens with zero attached hydrogens (tertiary/aromatic N) is 4. The molecule has 264 valence electrons. The summed E-state index contributed by atoms with van der Waals surface area (Å²) in [5.74, 6) is 1.85. The predicted octanol–water partition coefficient (Wildman–Crippen LogP) is 13.6. The molecule has 2 aromatic heterocycles. The third kappa shape index (κ3) is 6.37. The van der Waals surface area contributed by atoms with Crippen molar-refractivity contribution in [3.63, 3.8) is 0 Å². The van der Waals surface area contributed by atoms with E-state index in [2.05, 4.69) is 138 Å². The first-order valence-corrected chi connectivity index (χ1v) is 18.7. The first-order valence-electron chi connectivity index (χ1n) is 18.7. The molecule has 56 heavy (non-hydrogen) atoms. The summed E-state index contributed by atoms with van der Waals surface area (Å²) < 4.78 is 6.44. The maximum absolute atomic E-state index is 6.44. The largest absolute Gasteiger partial charge is 0.456 e. The van der Waals surface area contributed by atoms with Crippen LogP contribution in [-0.2, 0) is 0 Å². The average molecular weight is 719 g/mol. The van der Waals surface area contributed by atoms with Gasteiger partial charge >= 0.3 is 0 Å². The van der Waals surface area contributed by atoms with E-state index in [0.717, 1.165) is 66.8 Å². The second-order valence-corrected chi connectivity index (χ2v) is 13.7. The van der Waals surface area contributed by atoms with Crippen LogP contribution in [0, 0.1) is 0 Å². The molecule has 10 aromatic rings. The fraction of sp³-hybridized carbons (Fsp3) is 0. The summed E-state index contributed by atoms with van der Waals surface area (Å²) in [6.45, 7) is 0. The zero-order valence-corrected chi connectivity index (χ0v) is 30.3. The van der Waals surface area contributed by atoms with Crippen molar-refractivity contribution in [2.45, 2.75) is 0 Å². The first kappa shape index (κ1) is 33.0. The molecule has 0 amide bonds. The molecule has 0 N–H and O–H groups in total. The van der Waals surface area contributed by atoms with Crippen molar-refractivity contribution in [3.05, 3.63) is 206 Å². The number of aromatic nitrogens is 3. The van der Waals surface area contributed by atoms with Crippen LogP contribution in [0.15, 0.2) is 211 Å². The van der Waals surface area contributed by atoms with E-state index in [4.69, 9.17) is 19.4 Å². The lowest BCUT2D eigenvalue weighted by molar-refractivity contribution is 0.669. The SMILES string of the molecule is c1ccc(-c2ccc(N(c3ccccc3)c3ccc(-c4ccc5oc6cc(-c7nc(-c8ccccc8)nc(-c8ccccc8)n7)ccc6c5c4)cc3)cc2)cc1. The summed E-state index contributed by atoms with van der Waals surface area (Å²) in [5.41, 5.74) is 12.3. The standard InChI is InChI=1S/C51H34N4O/c1-5-13-35(14-6-1)36-21-27-43(28-22-36)55(42-19-11-4-12-20-42)44-29-23-37(24-30-44)40-26-32-47-46(33-40)45-31-25-41(34-48(45)56-47)51-53-49(38-15-7-2-8-16-38)52-50(54-51)39-17-9-3-10-18-39/h1-34H. The number of rotatable bonds is 8. The van der Waals surface area contributed by atoms with Gasteiger partial charge in [-0.25, -0.2) is 15.0 Å². The van der Waals surface area contributed by atoms with Crippen LogP contribution in [0.4, 0.5) is 17.1 Å². The van der Waals surface area contributed by atoms with Crippen LogP contribution < -0.4 is 4.90 Å². The molecular weight excluding hydrogens is 685 g/mol. The van der Waals surface area contributed by atoms with Gasteiger partial charge in [-0.15, -0.1) is 0 Å². The van der Waals surface area contributed by atoms with Gasteiger partial charge in [0.1, 0.15) is 11.2 Å². The third-order valence-corrected chi connectivity index (χ3v) is 10.1. The molecule has 0 aliphatic heterocycles. The highest BCUT2D eigenvalue weighted by Crippen LogP contribution is 2.38. The van der Waals surface area contributed by atoms with E-state index in [1.54, 1.807) is 0 Å². The van der Waals surface area contributed by atoms with Gasteiger partial charge < -0.3 is 9.32 Å². The summed E-state index contributed by atoms with van der Waals surface area (Å²) in [6, 6.07) is 71.2. The van der Waals surface area contributed by atoms with Gasteiger partial charge in [0, 0.05) is 44.5 Å². The highest BCUT2D eigenvalue weighted by molar-refractivity contribution is 6.07. The Morgan fingerprint density at radius 1 is 0.286 bits per heavy atom. The molecule has 0 unspecified atom stereocenters. The van der Waals surface area contributed by atoms with Crippen molar-refractivity contribution in [2.75, 3.05) is 4.90 Å². The van der Waals surface area contributed by atoms with E-state index in [0.29, 0.717) is 17.5 Å². The van der Waals surface area contributed by atoms with Crippen molar-refractivity contribution < 1.29 is 4.42 Å². The number of anilines is 3. The summed E-state index contributed by atoms with van der Waals surface area (Å²) in [6.07, 6.45) is 0. The van der Waals surface area contributed by atoms with Crippen molar-refractivity contribution in [1.29, 1.82) is 0 Å². The van der Waals surface area contributed by atoms with E-state index in [1.807, 2.05) is 72.8 Å². The lowest BCUT2D eigenvalue weighted by Crippen LogP contribution is -2.09. The maximum Gasteiger partial charge on any atom is 0.164 e. The quantitative estimate of drug-likeness (QED) is 0.157. The van der Waals surface area contributed by atoms with Crippen molar-refractivity contribution in [2.24, 2.45) is 0 Å². The second kappa shape index (κ2) is 14.3. The molecule has 0 fully saturated rings. The number of para-hydroxylation sites is 1. The van der Waals surface area contributed by atoms with Gasteiger partial charge in [0.2, 0.25) is 0 Å². The van der Waals surface area contributed by atoms with Crippen LogP contribution in [0.1, 0.15) is 0 Å². The van der Waals surface area contributed by atoms with Gasteiger partial charge in [0.05, 0.1) is 0 Å². The Morgan fingerprint density at radius 3 is 1.25 bits per heavy atom. The Bertz CT molecular complexity index is 2870. The maximum atomic E-state index is 6.44. The summed E-state index contributed by atoms with van der Waals surface area (Å²) in [7, 11) is 0. The molecule has 5 heteroatoms. The van der Waals surface area contributed by atoms with Crippen LogP contribution in [0.3, 0.4) is 0 Å². The molecule has 0 aliphatic rings. The van der Waals surface area contributed by atoms with Crippen molar-refractivity contribution in [3.8, 4) is 56.4 Å². The van der Waals surface area contributed by atoms with Gasteiger partial charge in [-0.2, -0.15) is 0 Å². The Hall–Kier alpha value is -7.63. The summed E-state index contributed by atoms with van der Waals surface area (Å²) in [5, 5.41) is 2.10. The number of hydrogen-bond acceptors (Lipinski definition) is 5. The molecule has 10 rings (SSSR count). The number of furan rings is 1. The zero-order valence-electron chi connectivity index (χ0n) is 30.3. The molecule has 0 atom stereocenters. The topological polar surface area (TPSA) is 55.1 Å². The fourth-order valence-corrected chi connectivity index (χ4v) is 7.29.